The van der Waals surface area contributed by atoms with Crippen LogP contribution >= 0.6 is 0 Å². The number of anilines is 1. The molecule has 0 radical (unpaired) electrons. The van der Waals surface area contributed by atoms with Gasteiger partial charge in [0, 0.05) is 16.5 Å². The van der Waals surface area contributed by atoms with Crippen molar-refractivity contribution in [2.24, 2.45) is 5.41 Å². The van der Waals surface area contributed by atoms with Gasteiger partial charge in [-0.05, 0) is 29.3 Å². The highest BCUT2D eigenvalue weighted by atomic mass is 16.2. The van der Waals surface area contributed by atoms with Crippen LogP contribution in [0.4, 0.5) is 5.69 Å². The third-order valence-corrected chi connectivity index (χ3v) is 4.20. The summed E-state index contributed by atoms with van der Waals surface area (Å²) in [4.78, 5) is 12.3. The van der Waals surface area contributed by atoms with E-state index in [1.807, 2.05) is 81.4 Å². The average Bonchev–Trinajstić information content (AvgIpc) is 2.67. The van der Waals surface area contributed by atoms with E-state index in [0.29, 0.717) is 0 Å². The molecule has 0 fully saturated rings. The van der Waals surface area contributed by atoms with E-state index in [1.165, 1.54) is 0 Å². The largest absolute Gasteiger partial charge is 0.325 e. The van der Waals surface area contributed by atoms with Crippen molar-refractivity contribution in [3.05, 3.63) is 90.0 Å². The highest BCUT2D eigenvalue weighted by Gasteiger charge is 2.21. The van der Waals surface area contributed by atoms with Crippen LogP contribution in [0.1, 0.15) is 31.9 Å². The Balaban J connectivity index is 1.96. The Morgan fingerprint density at radius 2 is 1.30 bits per heavy atom. The molecular weight excluding hydrogens is 330 g/mol. The van der Waals surface area contributed by atoms with Crippen molar-refractivity contribution >= 4 is 11.6 Å². The van der Waals surface area contributed by atoms with Crippen molar-refractivity contribution < 1.29 is 4.79 Å². The molecule has 0 aliphatic rings. The summed E-state index contributed by atoms with van der Waals surface area (Å²) in [7, 11) is 0. The molecule has 0 spiro atoms. The first kappa shape index (κ1) is 18.5. The van der Waals surface area contributed by atoms with E-state index >= 15 is 0 Å². The lowest BCUT2D eigenvalue weighted by Gasteiger charge is -2.18. The van der Waals surface area contributed by atoms with Crippen LogP contribution in [0, 0.1) is 17.3 Å². The van der Waals surface area contributed by atoms with Crippen molar-refractivity contribution in [3.63, 3.8) is 0 Å². The lowest BCUT2D eigenvalue weighted by Crippen LogP contribution is -2.27. The van der Waals surface area contributed by atoms with Gasteiger partial charge >= 0.3 is 0 Å². The van der Waals surface area contributed by atoms with Crippen LogP contribution in [-0.2, 0) is 4.79 Å². The molecule has 0 atom stereocenters. The topological polar surface area (TPSA) is 29.1 Å². The second-order valence-corrected chi connectivity index (χ2v) is 7.41. The smallest absolute Gasteiger partial charge is 0.229 e. The quantitative estimate of drug-likeness (QED) is 0.585. The first-order chi connectivity index (χ1) is 12.9. The zero-order valence-electron chi connectivity index (χ0n) is 15.9. The number of amides is 1. The lowest BCUT2D eigenvalue weighted by atomic mass is 9.95. The fraction of sp³-hybridized carbons (Fsp3) is 0.160. The molecule has 0 aliphatic carbocycles. The number of carbonyl (C=O) groups is 1. The van der Waals surface area contributed by atoms with E-state index in [4.69, 9.17) is 0 Å². The van der Waals surface area contributed by atoms with Gasteiger partial charge in [-0.15, -0.1) is 0 Å². The number of carbonyl (C=O) groups excluding carboxylic acids is 1. The van der Waals surface area contributed by atoms with E-state index in [0.717, 1.165) is 27.9 Å². The first-order valence-corrected chi connectivity index (χ1v) is 9.02. The molecule has 3 aromatic rings. The summed E-state index contributed by atoms with van der Waals surface area (Å²) < 4.78 is 0. The SMILES string of the molecule is CC(C)(C)C(=O)Nc1ccccc1C#Cc1ccccc1-c1ccccc1. The van der Waals surface area contributed by atoms with Crippen LogP contribution in [0.15, 0.2) is 78.9 Å². The fourth-order valence-electron chi connectivity index (χ4n) is 2.61. The summed E-state index contributed by atoms with van der Waals surface area (Å²) in [6.45, 7) is 5.69. The van der Waals surface area contributed by atoms with Gasteiger partial charge in [-0.2, -0.15) is 0 Å². The zero-order chi connectivity index (χ0) is 19.3. The van der Waals surface area contributed by atoms with Gasteiger partial charge in [0.2, 0.25) is 5.91 Å². The highest BCUT2D eigenvalue weighted by molar-refractivity contribution is 5.95. The monoisotopic (exact) mass is 353 g/mol. The molecule has 3 aromatic carbocycles. The molecule has 0 bridgehead atoms. The van der Waals surface area contributed by atoms with E-state index in [1.54, 1.807) is 0 Å². The van der Waals surface area contributed by atoms with Crippen molar-refractivity contribution in [2.45, 2.75) is 20.8 Å². The molecule has 0 unspecified atom stereocenters. The van der Waals surface area contributed by atoms with Crippen LogP contribution in [0.5, 0.6) is 0 Å². The van der Waals surface area contributed by atoms with Crippen LogP contribution < -0.4 is 5.32 Å². The Bertz CT molecular complexity index is 1000. The molecule has 0 saturated heterocycles. The average molecular weight is 353 g/mol. The Morgan fingerprint density at radius 1 is 0.741 bits per heavy atom. The number of para-hydroxylation sites is 1. The standard InChI is InChI=1S/C25H23NO/c1-25(2,3)24(27)26-23-16-10-8-14-21(23)18-17-20-13-7-9-15-22(20)19-11-5-4-6-12-19/h4-16H,1-3H3,(H,26,27). The van der Waals surface area contributed by atoms with Gasteiger partial charge in [-0.1, -0.05) is 93.3 Å². The van der Waals surface area contributed by atoms with E-state index in [9.17, 15) is 4.79 Å². The van der Waals surface area contributed by atoms with Crippen LogP contribution in [0.2, 0.25) is 0 Å². The Morgan fingerprint density at radius 3 is 2.00 bits per heavy atom. The summed E-state index contributed by atoms with van der Waals surface area (Å²) in [6.07, 6.45) is 0. The second-order valence-electron chi connectivity index (χ2n) is 7.41. The maximum atomic E-state index is 12.3. The molecule has 27 heavy (non-hydrogen) atoms. The minimum Gasteiger partial charge on any atom is -0.325 e. The Kier molecular flexibility index (Phi) is 5.43. The van der Waals surface area contributed by atoms with Crippen molar-refractivity contribution in [1.29, 1.82) is 0 Å². The minimum absolute atomic E-state index is 0.0264. The molecule has 0 aromatic heterocycles. The van der Waals surface area contributed by atoms with Gasteiger partial charge in [0.1, 0.15) is 0 Å². The third-order valence-electron chi connectivity index (χ3n) is 4.20. The first-order valence-electron chi connectivity index (χ1n) is 9.02. The molecule has 0 heterocycles. The molecular formula is C25H23NO. The van der Waals surface area contributed by atoms with Crippen molar-refractivity contribution in [3.8, 4) is 23.0 Å². The number of rotatable bonds is 2. The maximum Gasteiger partial charge on any atom is 0.229 e. The van der Waals surface area contributed by atoms with E-state index in [2.05, 4.69) is 35.4 Å². The maximum absolute atomic E-state index is 12.3. The van der Waals surface area contributed by atoms with Gasteiger partial charge in [-0.3, -0.25) is 4.79 Å². The van der Waals surface area contributed by atoms with Gasteiger partial charge in [0.15, 0.2) is 0 Å². The van der Waals surface area contributed by atoms with Crippen molar-refractivity contribution in [2.75, 3.05) is 5.32 Å². The van der Waals surface area contributed by atoms with E-state index < -0.39 is 5.41 Å². The van der Waals surface area contributed by atoms with Crippen LogP contribution in [0.25, 0.3) is 11.1 Å². The summed E-state index contributed by atoms with van der Waals surface area (Å²) in [5.74, 6) is 6.48. The van der Waals surface area contributed by atoms with Crippen LogP contribution in [-0.4, -0.2) is 5.91 Å². The minimum atomic E-state index is -0.458. The Labute approximate surface area is 161 Å². The van der Waals surface area contributed by atoms with Crippen LogP contribution in [0.3, 0.4) is 0 Å². The number of hydrogen-bond acceptors (Lipinski definition) is 1. The number of nitrogens with one attached hydrogen (secondary N) is 1. The highest BCUT2D eigenvalue weighted by Crippen LogP contribution is 2.23. The van der Waals surface area contributed by atoms with Gasteiger partial charge in [0.25, 0.3) is 0 Å². The molecule has 2 heteroatoms. The predicted octanol–water partition coefficient (Wildman–Crippen LogP) is 5.74. The molecule has 2 nitrogen and oxygen atoms in total. The molecule has 0 aliphatic heterocycles. The molecule has 1 amide bonds. The van der Waals surface area contributed by atoms with Gasteiger partial charge in [0.05, 0.1) is 5.69 Å². The fourth-order valence-corrected chi connectivity index (χ4v) is 2.61. The summed E-state index contributed by atoms with van der Waals surface area (Å²) in [6, 6.07) is 26.0. The van der Waals surface area contributed by atoms with Gasteiger partial charge in [-0.25, -0.2) is 0 Å². The molecule has 3 rings (SSSR count). The van der Waals surface area contributed by atoms with Crippen molar-refractivity contribution in [1.82, 2.24) is 0 Å². The molecule has 134 valence electrons. The zero-order valence-corrected chi connectivity index (χ0v) is 15.9. The normalized spacial score (nSPS) is 10.6. The third kappa shape index (κ3) is 4.65. The summed E-state index contributed by atoms with van der Waals surface area (Å²) >= 11 is 0. The second kappa shape index (κ2) is 7.93. The van der Waals surface area contributed by atoms with Gasteiger partial charge < -0.3 is 5.32 Å². The Hall–Kier alpha value is -3.31. The summed E-state index contributed by atoms with van der Waals surface area (Å²) in [5.41, 5.74) is 4.28. The predicted molar refractivity (Wildman–Crippen MR) is 112 cm³/mol. The summed E-state index contributed by atoms with van der Waals surface area (Å²) in [5, 5.41) is 2.99. The lowest BCUT2D eigenvalue weighted by molar-refractivity contribution is -0.123. The molecule has 0 saturated carbocycles. The number of hydrogen-bond donors (Lipinski definition) is 1. The van der Waals surface area contributed by atoms with E-state index in [-0.39, 0.29) is 5.91 Å². The number of benzene rings is 3. The molecule has 1 N–H and O–H groups in total.